The SMILES string of the molecule is O=C(O)CCCNC(=O)NCc1ccc2ncccc2c1. The van der Waals surface area contributed by atoms with Gasteiger partial charge in [0.2, 0.25) is 0 Å². The molecule has 6 heteroatoms. The summed E-state index contributed by atoms with van der Waals surface area (Å²) >= 11 is 0. The van der Waals surface area contributed by atoms with Crippen LogP contribution >= 0.6 is 0 Å². The highest BCUT2D eigenvalue weighted by Gasteiger charge is 2.02. The zero-order valence-corrected chi connectivity index (χ0v) is 11.5. The Labute approximate surface area is 122 Å². The molecule has 1 heterocycles. The normalized spacial score (nSPS) is 10.3. The number of carbonyl (C=O) groups excluding carboxylic acids is 1. The van der Waals surface area contributed by atoms with Crippen molar-refractivity contribution in [2.24, 2.45) is 0 Å². The van der Waals surface area contributed by atoms with Gasteiger partial charge in [-0.25, -0.2) is 4.79 Å². The number of urea groups is 1. The Morgan fingerprint density at radius 2 is 2.05 bits per heavy atom. The molecular formula is C15H17N3O3. The standard InChI is InChI=1S/C15H17N3O3/c19-14(20)4-2-8-17-15(21)18-10-11-5-6-13-12(9-11)3-1-7-16-13/h1,3,5-7,9H,2,4,8,10H2,(H,19,20)(H2,17,18,21). The molecule has 0 saturated heterocycles. The van der Waals surface area contributed by atoms with E-state index >= 15 is 0 Å². The maximum atomic E-state index is 11.5. The molecule has 3 N–H and O–H groups in total. The molecule has 0 aliphatic heterocycles. The number of carboxylic acids is 1. The highest BCUT2D eigenvalue weighted by molar-refractivity contribution is 5.79. The van der Waals surface area contributed by atoms with Crippen LogP contribution in [0.5, 0.6) is 0 Å². The molecule has 21 heavy (non-hydrogen) atoms. The molecule has 0 atom stereocenters. The summed E-state index contributed by atoms with van der Waals surface area (Å²) in [6.45, 7) is 0.759. The molecule has 1 aromatic heterocycles. The number of benzene rings is 1. The summed E-state index contributed by atoms with van der Waals surface area (Å²) in [6, 6.07) is 9.35. The van der Waals surface area contributed by atoms with Gasteiger partial charge < -0.3 is 15.7 Å². The molecule has 110 valence electrons. The lowest BCUT2D eigenvalue weighted by Gasteiger charge is -2.07. The average molecular weight is 287 g/mol. The molecule has 0 spiro atoms. The van der Waals surface area contributed by atoms with Crippen LogP contribution in [0.15, 0.2) is 36.5 Å². The molecule has 0 aliphatic carbocycles. The maximum absolute atomic E-state index is 11.5. The zero-order valence-electron chi connectivity index (χ0n) is 11.5. The highest BCUT2D eigenvalue weighted by Crippen LogP contribution is 2.12. The first-order valence-electron chi connectivity index (χ1n) is 6.72. The van der Waals surface area contributed by atoms with E-state index in [0.717, 1.165) is 16.5 Å². The van der Waals surface area contributed by atoms with Gasteiger partial charge in [0.15, 0.2) is 0 Å². The Bertz CT molecular complexity index is 643. The van der Waals surface area contributed by atoms with Crippen LogP contribution in [0, 0.1) is 0 Å². The first-order valence-corrected chi connectivity index (χ1v) is 6.72. The quantitative estimate of drug-likeness (QED) is 0.708. The van der Waals surface area contributed by atoms with Crippen LogP contribution in [0.2, 0.25) is 0 Å². The molecule has 0 fully saturated rings. The van der Waals surface area contributed by atoms with Gasteiger partial charge in [-0.3, -0.25) is 9.78 Å². The number of hydrogen-bond acceptors (Lipinski definition) is 3. The lowest BCUT2D eigenvalue weighted by atomic mass is 10.1. The van der Waals surface area contributed by atoms with Crippen molar-refractivity contribution in [2.75, 3.05) is 6.54 Å². The summed E-state index contributed by atoms with van der Waals surface area (Å²) in [7, 11) is 0. The lowest BCUT2D eigenvalue weighted by Crippen LogP contribution is -2.35. The van der Waals surface area contributed by atoms with E-state index in [4.69, 9.17) is 5.11 Å². The van der Waals surface area contributed by atoms with Crippen molar-refractivity contribution in [3.63, 3.8) is 0 Å². The minimum absolute atomic E-state index is 0.0535. The van der Waals surface area contributed by atoms with Crippen LogP contribution in [0.3, 0.4) is 0 Å². The number of pyridine rings is 1. The molecule has 0 unspecified atom stereocenters. The second kappa shape index (κ2) is 7.23. The van der Waals surface area contributed by atoms with Gasteiger partial charge in [-0.15, -0.1) is 0 Å². The van der Waals surface area contributed by atoms with Gasteiger partial charge in [0.1, 0.15) is 0 Å². The van der Waals surface area contributed by atoms with Crippen molar-refractivity contribution >= 4 is 22.9 Å². The number of nitrogens with zero attached hydrogens (tertiary/aromatic N) is 1. The third-order valence-electron chi connectivity index (χ3n) is 2.97. The Morgan fingerprint density at radius 1 is 1.19 bits per heavy atom. The molecule has 6 nitrogen and oxygen atoms in total. The second-order valence-electron chi connectivity index (χ2n) is 4.64. The maximum Gasteiger partial charge on any atom is 0.315 e. The van der Waals surface area contributed by atoms with Crippen molar-refractivity contribution in [3.8, 4) is 0 Å². The molecule has 2 amide bonds. The summed E-state index contributed by atoms with van der Waals surface area (Å²) < 4.78 is 0. The van der Waals surface area contributed by atoms with E-state index in [9.17, 15) is 9.59 Å². The minimum Gasteiger partial charge on any atom is -0.481 e. The third-order valence-corrected chi connectivity index (χ3v) is 2.97. The summed E-state index contributed by atoms with van der Waals surface area (Å²) in [6.07, 6.45) is 2.22. The van der Waals surface area contributed by atoms with E-state index in [1.165, 1.54) is 0 Å². The van der Waals surface area contributed by atoms with Gasteiger partial charge >= 0.3 is 12.0 Å². The summed E-state index contributed by atoms with van der Waals surface area (Å²) in [5.74, 6) is -0.859. The van der Waals surface area contributed by atoms with E-state index in [-0.39, 0.29) is 12.5 Å². The predicted molar refractivity (Wildman–Crippen MR) is 78.9 cm³/mol. The van der Waals surface area contributed by atoms with Crippen LogP contribution in [0.4, 0.5) is 4.79 Å². The molecule has 0 radical (unpaired) electrons. The number of carbonyl (C=O) groups is 2. The van der Waals surface area contributed by atoms with E-state index in [2.05, 4.69) is 15.6 Å². The summed E-state index contributed by atoms with van der Waals surface area (Å²) in [5, 5.41) is 14.9. The molecule has 2 rings (SSSR count). The van der Waals surface area contributed by atoms with Crippen molar-refractivity contribution < 1.29 is 14.7 Å². The van der Waals surface area contributed by atoms with E-state index < -0.39 is 5.97 Å². The molecule has 0 bridgehead atoms. The molecule has 0 saturated carbocycles. The van der Waals surface area contributed by atoms with Gasteiger partial charge in [-0.1, -0.05) is 12.1 Å². The third kappa shape index (κ3) is 4.76. The fourth-order valence-corrected chi connectivity index (χ4v) is 1.92. The van der Waals surface area contributed by atoms with E-state index in [0.29, 0.717) is 19.5 Å². The second-order valence-corrected chi connectivity index (χ2v) is 4.64. The van der Waals surface area contributed by atoms with Gasteiger partial charge in [0.05, 0.1) is 5.52 Å². The van der Waals surface area contributed by atoms with Crippen molar-refractivity contribution in [1.29, 1.82) is 0 Å². The monoisotopic (exact) mass is 287 g/mol. The Morgan fingerprint density at radius 3 is 2.86 bits per heavy atom. The highest BCUT2D eigenvalue weighted by atomic mass is 16.4. The number of fused-ring (bicyclic) bond motifs is 1. The number of rotatable bonds is 6. The average Bonchev–Trinajstić information content (AvgIpc) is 2.49. The molecule has 2 aromatic rings. The van der Waals surface area contributed by atoms with E-state index in [1.807, 2.05) is 30.3 Å². The molecule has 0 aliphatic rings. The van der Waals surface area contributed by atoms with Gasteiger partial charge in [-0.2, -0.15) is 0 Å². The summed E-state index contributed by atoms with van der Waals surface area (Å²) in [4.78, 5) is 26.1. The van der Waals surface area contributed by atoms with Crippen molar-refractivity contribution in [3.05, 3.63) is 42.1 Å². The van der Waals surface area contributed by atoms with Gasteiger partial charge in [0.25, 0.3) is 0 Å². The van der Waals surface area contributed by atoms with Gasteiger partial charge in [-0.05, 0) is 30.2 Å². The summed E-state index contributed by atoms with van der Waals surface area (Å²) in [5.41, 5.74) is 1.90. The fourth-order valence-electron chi connectivity index (χ4n) is 1.92. The van der Waals surface area contributed by atoms with Crippen LogP contribution in [-0.2, 0) is 11.3 Å². The number of amides is 2. The number of nitrogens with one attached hydrogen (secondary N) is 2. The lowest BCUT2D eigenvalue weighted by molar-refractivity contribution is -0.137. The number of aromatic nitrogens is 1. The van der Waals surface area contributed by atoms with Crippen LogP contribution < -0.4 is 10.6 Å². The zero-order chi connectivity index (χ0) is 15.1. The van der Waals surface area contributed by atoms with E-state index in [1.54, 1.807) is 6.20 Å². The number of hydrogen-bond donors (Lipinski definition) is 3. The topological polar surface area (TPSA) is 91.3 Å². The Kier molecular flexibility index (Phi) is 5.09. The van der Waals surface area contributed by atoms with Crippen LogP contribution in [0.25, 0.3) is 10.9 Å². The molecule has 1 aromatic carbocycles. The predicted octanol–water partition coefficient (Wildman–Crippen LogP) is 1.90. The van der Waals surface area contributed by atoms with Crippen molar-refractivity contribution in [1.82, 2.24) is 15.6 Å². The Hall–Kier alpha value is -2.63. The Balaban J connectivity index is 1.78. The fraction of sp³-hybridized carbons (Fsp3) is 0.267. The van der Waals surface area contributed by atoms with Gasteiger partial charge in [0, 0.05) is 31.1 Å². The van der Waals surface area contributed by atoms with Crippen LogP contribution in [-0.4, -0.2) is 28.6 Å². The molecular weight excluding hydrogens is 270 g/mol. The van der Waals surface area contributed by atoms with Crippen molar-refractivity contribution in [2.45, 2.75) is 19.4 Å². The van der Waals surface area contributed by atoms with Crippen LogP contribution in [0.1, 0.15) is 18.4 Å². The largest absolute Gasteiger partial charge is 0.481 e. The first-order chi connectivity index (χ1) is 10.1. The number of aliphatic carboxylic acids is 1. The number of carboxylic acid groups (broad SMARTS) is 1. The minimum atomic E-state index is -0.859. The smallest absolute Gasteiger partial charge is 0.315 e. The first kappa shape index (κ1) is 14.8.